The Morgan fingerprint density at radius 1 is 0.750 bits per heavy atom. The molecular formula is C21H22NOP. The molecule has 3 aromatic rings. The van der Waals surface area contributed by atoms with Crippen molar-refractivity contribution in [3.05, 3.63) is 84.4 Å². The average molecular weight is 335 g/mol. The Balaban J connectivity index is 2.13. The third kappa shape index (κ3) is 3.29. The number of anilines is 1. The van der Waals surface area contributed by atoms with Gasteiger partial charge in [-0.2, -0.15) is 0 Å². The van der Waals surface area contributed by atoms with Crippen LogP contribution in [-0.2, 0) is 0 Å². The minimum absolute atomic E-state index is 0.673. The summed E-state index contributed by atoms with van der Waals surface area (Å²) in [4.78, 5) is 0. The molecule has 3 aromatic carbocycles. The summed E-state index contributed by atoms with van der Waals surface area (Å²) in [6, 6.07) is 27.6. The summed E-state index contributed by atoms with van der Waals surface area (Å²) < 4.78 is 8.01. The molecule has 0 radical (unpaired) electrons. The van der Waals surface area contributed by atoms with Crippen LogP contribution >= 0.6 is 8.07 Å². The molecule has 3 heteroatoms. The third-order valence-corrected chi connectivity index (χ3v) is 6.42. The Bertz CT molecular complexity index is 750. The highest BCUT2D eigenvalue weighted by Crippen LogP contribution is 2.45. The minimum atomic E-state index is -0.673. The van der Waals surface area contributed by atoms with Gasteiger partial charge in [0, 0.05) is 17.7 Å². The largest absolute Gasteiger partial charge is 0.495 e. The Hall–Kier alpha value is -2.31. The third-order valence-electron chi connectivity index (χ3n) is 4.05. The smallest absolute Gasteiger partial charge is 0.142 e. The van der Waals surface area contributed by atoms with Gasteiger partial charge in [-0.05, 0) is 18.6 Å². The molecular weight excluding hydrogens is 313 g/mol. The van der Waals surface area contributed by atoms with Gasteiger partial charge in [0.15, 0.2) is 0 Å². The second kappa shape index (κ2) is 7.51. The van der Waals surface area contributed by atoms with Crippen molar-refractivity contribution in [3.8, 4) is 5.75 Å². The summed E-state index contributed by atoms with van der Waals surface area (Å²) in [7, 11) is 3.23. The number of nitrogens with zero attached hydrogens (tertiary/aromatic N) is 1. The van der Waals surface area contributed by atoms with E-state index >= 15 is 0 Å². The summed E-state index contributed by atoms with van der Waals surface area (Å²) in [5.74, 6) is 0.914. The van der Waals surface area contributed by atoms with Crippen LogP contribution in [0.3, 0.4) is 0 Å². The second-order valence-electron chi connectivity index (χ2n) is 5.63. The van der Waals surface area contributed by atoms with Gasteiger partial charge in [0.05, 0.1) is 20.9 Å². The van der Waals surface area contributed by atoms with E-state index in [-0.39, 0.29) is 0 Å². The fraction of sp³-hybridized carbons (Fsp3) is 0.143. The van der Waals surface area contributed by atoms with Gasteiger partial charge in [0.25, 0.3) is 0 Å². The first-order chi connectivity index (χ1) is 11.7. The minimum Gasteiger partial charge on any atom is -0.495 e. The summed E-state index contributed by atoms with van der Waals surface area (Å²) >= 11 is 0. The predicted octanol–water partition coefficient (Wildman–Crippen LogP) is 4.49. The molecule has 0 aliphatic heterocycles. The molecule has 0 saturated heterocycles. The van der Waals surface area contributed by atoms with E-state index in [0.29, 0.717) is 0 Å². The lowest BCUT2D eigenvalue weighted by Gasteiger charge is -2.32. The van der Waals surface area contributed by atoms with Gasteiger partial charge in [0.2, 0.25) is 0 Å². The number of rotatable bonds is 5. The van der Waals surface area contributed by atoms with Gasteiger partial charge in [0.1, 0.15) is 5.75 Å². The molecule has 3 rings (SSSR count). The summed E-state index contributed by atoms with van der Waals surface area (Å²) in [5.41, 5.74) is 2.37. The van der Waals surface area contributed by atoms with Crippen LogP contribution in [0.25, 0.3) is 0 Å². The van der Waals surface area contributed by atoms with Crippen LogP contribution in [0.1, 0.15) is 5.56 Å². The van der Waals surface area contributed by atoms with Gasteiger partial charge in [-0.3, -0.25) is 0 Å². The van der Waals surface area contributed by atoms with E-state index in [1.165, 1.54) is 16.2 Å². The quantitative estimate of drug-likeness (QED) is 0.637. The second-order valence-corrected chi connectivity index (χ2v) is 7.89. The van der Waals surface area contributed by atoms with E-state index in [4.69, 9.17) is 4.74 Å². The molecule has 0 atom stereocenters. The van der Waals surface area contributed by atoms with Gasteiger partial charge in [-0.15, -0.1) is 0 Å². The topological polar surface area (TPSA) is 12.5 Å². The lowest BCUT2D eigenvalue weighted by Crippen LogP contribution is -2.26. The van der Waals surface area contributed by atoms with Gasteiger partial charge >= 0.3 is 0 Å². The highest BCUT2D eigenvalue weighted by molar-refractivity contribution is 7.74. The number of methoxy groups -OCH3 is 1. The Morgan fingerprint density at radius 2 is 1.29 bits per heavy atom. The number of ether oxygens (including phenoxy) is 1. The van der Waals surface area contributed by atoms with Crippen molar-refractivity contribution in [1.29, 1.82) is 0 Å². The number of hydrogen-bond acceptors (Lipinski definition) is 2. The first-order valence-electron chi connectivity index (χ1n) is 8.00. The van der Waals surface area contributed by atoms with Crippen LogP contribution in [0.5, 0.6) is 5.75 Å². The Morgan fingerprint density at radius 3 is 1.79 bits per heavy atom. The molecule has 0 fully saturated rings. The first kappa shape index (κ1) is 16.5. The van der Waals surface area contributed by atoms with Gasteiger partial charge in [-0.1, -0.05) is 72.8 Å². The number of aryl methyl sites for hydroxylation is 1. The standard InChI is InChI=1S/C21H22NOP/c1-17-11-10-16-20(23-3)21(17)22(2)24(18-12-6-4-7-13-18)19-14-8-5-9-15-19/h4-16H,1-3H3. The highest BCUT2D eigenvalue weighted by atomic mass is 31.1. The Labute approximate surface area is 145 Å². The molecule has 0 aliphatic rings. The van der Waals surface area contributed by atoms with E-state index in [9.17, 15) is 0 Å². The fourth-order valence-electron chi connectivity index (χ4n) is 2.95. The number of hydrogen-bond donors (Lipinski definition) is 0. The predicted molar refractivity (Wildman–Crippen MR) is 105 cm³/mol. The van der Waals surface area contributed by atoms with Crippen molar-refractivity contribution >= 4 is 24.4 Å². The molecule has 0 amide bonds. The lowest BCUT2D eigenvalue weighted by atomic mass is 10.2. The normalized spacial score (nSPS) is 10.7. The lowest BCUT2D eigenvalue weighted by molar-refractivity contribution is 0.416. The van der Waals surface area contributed by atoms with Crippen molar-refractivity contribution in [1.82, 2.24) is 0 Å². The van der Waals surface area contributed by atoms with E-state index in [1.54, 1.807) is 7.11 Å². The van der Waals surface area contributed by atoms with Crippen LogP contribution in [0.15, 0.2) is 78.9 Å². The molecule has 0 heterocycles. The van der Waals surface area contributed by atoms with Gasteiger partial charge in [-0.25, -0.2) is 0 Å². The molecule has 0 aliphatic carbocycles. The van der Waals surface area contributed by atoms with Crippen molar-refractivity contribution in [2.24, 2.45) is 0 Å². The number of benzene rings is 3. The highest BCUT2D eigenvalue weighted by Gasteiger charge is 2.23. The van der Waals surface area contributed by atoms with Crippen molar-refractivity contribution in [3.63, 3.8) is 0 Å². The molecule has 2 nitrogen and oxygen atoms in total. The molecule has 0 saturated carbocycles. The fourth-order valence-corrected chi connectivity index (χ4v) is 5.30. The van der Waals surface area contributed by atoms with Crippen molar-refractivity contribution < 1.29 is 4.74 Å². The summed E-state index contributed by atoms with van der Waals surface area (Å²) in [6.07, 6.45) is 0. The zero-order valence-electron chi connectivity index (χ0n) is 14.3. The van der Waals surface area contributed by atoms with E-state index < -0.39 is 8.07 Å². The van der Waals surface area contributed by atoms with Crippen molar-refractivity contribution in [2.75, 3.05) is 18.8 Å². The van der Waals surface area contributed by atoms with Crippen molar-refractivity contribution in [2.45, 2.75) is 6.92 Å². The van der Waals surface area contributed by atoms with Crippen LogP contribution < -0.4 is 20.0 Å². The van der Waals surface area contributed by atoms with Gasteiger partial charge < -0.3 is 9.41 Å². The van der Waals surface area contributed by atoms with E-state index in [0.717, 1.165) is 11.4 Å². The molecule has 0 N–H and O–H groups in total. The molecule has 24 heavy (non-hydrogen) atoms. The zero-order chi connectivity index (χ0) is 16.9. The Kier molecular flexibility index (Phi) is 5.17. The summed E-state index contributed by atoms with van der Waals surface area (Å²) in [5, 5.41) is 2.65. The maximum absolute atomic E-state index is 5.64. The van der Waals surface area contributed by atoms with Crippen LogP contribution in [0.4, 0.5) is 5.69 Å². The molecule has 0 spiro atoms. The van der Waals surface area contributed by atoms with E-state index in [1.807, 2.05) is 12.1 Å². The molecule has 122 valence electrons. The van der Waals surface area contributed by atoms with Crippen LogP contribution in [0, 0.1) is 6.92 Å². The maximum Gasteiger partial charge on any atom is 0.142 e. The molecule has 0 unspecified atom stereocenters. The monoisotopic (exact) mass is 335 g/mol. The molecule has 0 aromatic heterocycles. The maximum atomic E-state index is 5.64. The van der Waals surface area contributed by atoms with E-state index in [2.05, 4.69) is 85.4 Å². The average Bonchev–Trinajstić information content (AvgIpc) is 2.63. The summed E-state index contributed by atoms with van der Waals surface area (Å²) in [6.45, 7) is 2.14. The number of para-hydroxylation sites is 1. The first-order valence-corrected chi connectivity index (χ1v) is 9.29. The zero-order valence-corrected chi connectivity index (χ0v) is 15.2. The molecule has 0 bridgehead atoms. The van der Waals surface area contributed by atoms with Crippen LogP contribution in [0.2, 0.25) is 0 Å². The SMILES string of the molecule is COc1cccc(C)c1N(C)P(c1ccccc1)c1ccccc1. The van der Waals surface area contributed by atoms with Crippen LogP contribution in [-0.4, -0.2) is 14.2 Å².